The second-order valence-electron chi connectivity index (χ2n) is 6.38. The molecule has 0 saturated carbocycles. The smallest absolute Gasteiger partial charge is 0.279 e. The van der Waals surface area contributed by atoms with Crippen LogP contribution in [0.15, 0.2) is 24.3 Å². The van der Waals surface area contributed by atoms with Crippen molar-refractivity contribution in [2.45, 2.75) is 26.2 Å². The number of carbonyl (C=O) groups excluding carboxylic acids is 2. The van der Waals surface area contributed by atoms with Gasteiger partial charge < -0.3 is 9.47 Å². The fourth-order valence-electron chi connectivity index (χ4n) is 3.10. The Kier molecular flexibility index (Phi) is 4.09. The molecular formula is C18H18N2O4S. The maximum absolute atomic E-state index is 12.3. The van der Waals surface area contributed by atoms with Crippen LogP contribution in [0.3, 0.4) is 0 Å². The van der Waals surface area contributed by atoms with Crippen LogP contribution in [0.25, 0.3) is 0 Å². The molecule has 0 spiro atoms. The number of hydrazine groups is 1. The Hall–Kier alpha value is -2.54. The summed E-state index contributed by atoms with van der Waals surface area (Å²) in [5.74, 6) is 1.10. The Balaban J connectivity index is 1.39. The Morgan fingerprint density at radius 1 is 1.12 bits per heavy atom. The quantitative estimate of drug-likeness (QED) is 0.809. The Morgan fingerprint density at radius 3 is 2.80 bits per heavy atom. The van der Waals surface area contributed by atoms with Crippen molar-refractivity contribution in [2.24, 2.45) is 5.92 Å². The topological polar surface area (TPSA) is 76.7 Å². The molecule has 2 amide bonds. The van der Waals surface area contributed by atoms with Crippen molar-refractivity contribution in [1.29, 1.82) is 0 Å². The molecule has 1 atom stereocenters. The number of nitrogens with one attached hydrogen (secondary N) is 2. The molecule has 0 fully saturated rings. The number of ether oxygens (including phenoxy) is 2. The molecule has 0 bridgehead atoms. The van der Waals surface area contributed by atoms with Gasteiger partial charge in [0.05, 0.1) is 4.88 Å². The summed E-state index contributed by atoms with van der Waals surface area (Å²) in [6.07, 6.45) is 3.20. The summed E-state index contributed by atoms with van der Waals surface area (Å²) >= 11 is 1.51. The minimum Gasteiger partial charge on any atom is -0.454 e. The highest BCUT2D eigenvalue weighted by Crippen LogP contribution is 2.33. The minimum absolute atomic E-state index is 0.152. The van der Waals surface area contributed by atoms with Gasteiger partial charge >= 0.3 is 0 Å². The summed E-state index contributed by atoms with van der Waals surface area (Å²) < 4.78 is 10.5. The average Bonchev–Trinajstić information content (AvgIpc) is 3.24. The SMILES string of the molecule is CC1CCc2sc(C(=O)NNC(=O)c3ccc4c(c3)OCO4)cc2C1. The standard InChI is InChI=1S/C18H18N2O4S/c1-10-2-5-15-12(6-10)8-16(25-15)18(22)20-19-17(21)11-3-4-13-14(7-11)24-9-23-13/h3-4,7-8,10H,2,5-6,9H2,1H3,(H,19,21)(H,20,22). The number of rotatable bonds is 2. The van der Waals surface area contributed by atoms with Crippen molar-refractivity contribution in [3.05, 3.63) is 45.1 Å². The third-order valence-corrected chi connectivity index (χ3v) is 5.71. The molecule has 2 heterocycles. The molecule has 2 aromatic rings. The predicted molar refractivity (Wildman–Crippen MR) is 93.0 cm³/mol. The maximum Gasteiger partial charge on any atom is 0.279 e. The number of thiophene rings is 1. The van der Waals surface area contributed by atoms with E-state index in [1.54, 1.807) is 18.2 Å². The molecular weight excluding hydrogens is 340 g/mol. The largest absolute Gasteiger partial charge is 0.454 e. The van der Waals surface area contributed by atoms with E-state index < -0.39 is 5.91 Å². The highest BCUT2D eigenvalue weighted by Gasteiger charge is 2.21. The second kappa shape index (κ2) is 6.40. The average molecular weight is 358 g/mol. The van der Waals surface area contributed by atoms with E-state index in [9.17, 15) is 9.59 Å². The highest BCUT2D eigenvalue weighted by molar-refractivity contribution is 7.14. The lowest BCUT2D eigenvalue weighted by molar-refractivity contribution is 0.0848. The summed E-state index contributed by atoms with van der Waals surface area (Å²) in [6, 6.07) is 6.83. The van der Waals surface area contributed by atoms with E-state index in [4.69, 9.17) is 9.47 Å². The fraction of sp³-hybridized carbons (Fsp3) is 0.333. The van der Waals surface area contributed by atoms with Gasteiger partial charge in [-0.2, -0.15) is 0 Å². The summed E-state index contributed by atoms with van der Waals surface area (Å²) in [5, 5.41) is 0. The zero-order chi connectivity index (χ0) is 17.4. The number of hydrogen-bond donors (Lipinski definition) is 2. The van der Waals surface area contributed by atoms with E-state index in [0.29, 0.717) is 27.9 Å². The molecule has 2 N–H and O–H groups in total. The third kappa shape index (κ3) is 3.19. The van der Waals surface area contributed by atoms with Gasteiger partial charge in [-0.3, -0.25) is 20.4 Å². The molecule has 2 aliphatic rings. The van der Waals surface area contributed by atoms with Crippen LogP contribution in [0.5, 0.6) is 11.5 Å². The van der Waals surface area contributed by atoms with Gasteiger partial charge in [0.25, 0.3) is 11.8 Å². The van der Waals surface area contributed by atoms with E-state index in [-0.39, 0.29) is 12.7 Å². The van der Waals surface area contributed by atoms with E-state index in [0.717, 1.165) is 19.3 Å². The third-order valence-electron chi connectivity index (χ3n) is 4.48. The molecule has 130 valence electrons. The van der Waals surface area contributed by atoms with E-state index in [2.05, 4.69) is 17.8 Å². The maximum atomic E-state index is 12.3. The van der Waals surface area contributed by atoms with Crippen molar-refractivity contribution in [1.82, 2.24) is 10.9 Å². The Bertz CT molecular complexity index is 846. The molecule has 0 radical (unpaired) electrons. The molecule has 7 heteroatoms. The lowest BCUT2D eigenvalue weighted by Crippen LogP contribution is -2.41. The van der Waals surface area contributed by atoms with Crippen LogP contribution in [0, 0.1) is 5.92 Å². The Morgan fingerprint density at radius 2 is 1.92 bits per heavy atom. The number of hydrogen-bond acceptors (Lipinski definition) is 5. The van der Waals surface area contributed by atoms with Crippen molar-refractivity contribution < 1.29 is 19.1 Å². The monoisotopic (exact) mass is 358 g/mol. The van der Waals surface area contributed by atoms with Gasteiger partial charge in [0.2, 0.25) is 6.79 Å². The van der Waals surface area contributed by atoms with Gasteiger partial charge in [-0.1, -0.05) is 6.92 Å². The van der Waals surface area contributed by atoms with Crippen LogP contribution in [0.1, 0.15) is 43.8 Å². The summed E-state index contributed by atoms with van der Waals surface area (Å²) in [4.78, 5) is 26.4. The highest BCUT2D eigenvalue weighted by atomic mass is 32.1. The normalized spacial score (nSPS) is 17.7. The zero-order valence-electron chi connectivity index (χ0n) is 13.8. The molecule has 1 aromatic carbocycles. The van der Waals surface area contributed by atoms with E-state index in [1.165, 1.54) is 21.8 Å². The summed E-state index contributed by atoms with van der Waals surface area (Å²) in [7, 11) is 0. The molecule has 6 nitrogen and oxygen atoms in total. The molecule has 1 unspecified atom stereocenters. The number of aryl methyl sites for hydroxylation is 1. The second-order valence-corrected chi connectivity index (χ2v) is 7.52. The molecule has 1 aliphatic carbocycles. The molecule has 25 heavy (non-hydrogen) atoms. The predicted octanol–water partition coefficient (Wildman–Crippen LogP) is 2.68. The fourth-order valence-corrected chi connectivity index (χ4v) is 4.21. The van der Waals surface area contributed by atoms with Crippen LogP contribution in [0.4, 0.5) is 0 Å². The first-order chi connectivity index (χ1) is 12.1. The van der Waals surface area contributed by atoms with Crippen molar-refractivity contribution in [2.75, 3.05) is 6.79 Å². The van der Waals surface area contributed by atoms with Crippen molar-refractivity contribution in [3.63, 3.8) is 0 Å². The number of amides is 2. The first-order valence-electron chi connectivity index (χ1n) is 8.22. The first kappa shape index (κ1) is 16.0. The van der Waals surface area contributed by atoms with E-state index in [1.807, 2.05) is 6.07 Å². The van der Waals surface area contributed by atoms with Crippen LogP contribution < -0.4 is 20.3 Å². The Labute approximate surface area is 149 Å². The lowest BCUT2D eigenvalue weighted by atomic mass is 9.90. The lowest BCUT2D eigenvalue weighted by Gasteiger charge is -2.16. The van der Waals surface area contributed by atoms with Crippen molar-refractivity contribution in [3.8, 4) is 11.5 Å². The van der Waals surface area contributed by atoms with Crippen LogP contribution >= 0.6 is 11.3 Å². The van der Waals surface area contributed by atoms with Gasteiger partial charge in [-0.05, 0) is 55.0 Å². The number of benzene rings is 1. The van der Waals surface area contributed by atoms with Crippen LogP contribution in [-0.2, 0) is 12.8 Å². The first-order valence-corrected chi connectivity index (χ1v) is 9.03. The van der Waals surface area contributed by atoms with Gasteiger partial charge in [0.1, 0.15) is 0 Å². The minimum atomic E-state index is -0.401. The molecule has 4 rings (SSSR count). The van der Waals surface area contributed by atoms with Gasteiger partial charge in [0, 0.05) is 10.4 Å². The van der Waals surface area contributed by atoms with Gasteiger partial charge in [-0.15, -0.1) is 11.3 Å². The zero-order valence-corrected chi connectivity index (χ0v) is 14.6. The van der Waals surface area contributed by atoms with Gasteiger partial charge in [-0.25, -0.2) is 0 Å². The molecule has 1 aromatic heterocycles. The van der Waals surface area contributed by atoms with Crippen LogP contribution in [0.2, 0.25) is 0 Å². The molecule has 0 saturated heterocycles. The van der Waals surface area contributed by atoms with Crippen molar-refractivity contribution >= 4 is 23.2 Å². The number of fused-ring (bicyclic) bond motifs is 2. The summed E-state index contributed by atoms with van der Waals surface area (Å²) in [6.45, 7) is 2.38. The molecule has 1 aliphatic heterocycles. The van der Waals surface area contributed by atoms with Crippen LogP contribution in [-0.4, -0.2) is 18.6 Å². The van der Waals surface area contributed by atoms with E-state index >= 15 is 0 Å². The number of carbonyl (C=O) groups is 2. The summed E-state index contributed by atoms with van der Waals surface area (Å²) in [5.41, 5.74) is 6.59. The van der Waals surface area contributed by atoms with Gasteiger partial charge in [0.15, 0.2) is 11.5 Å².